The molecule has 2 N–H and O–H groups in total. The molecule has 25 heavy (non-hydrogen) atoms. The maximum Gasteiger partial charge on any atom is 0.382 e. The first-order valence-corrected chi connectivity index (χ1v) is 6.58. The van der Waals surface area contributed by atoms with Gasteiger partial charge in [-0.2, -0.15) is 30.7 Å². The Balaban J connectivity index is 2.50. The van der Waals surface area contributed by atoms with Crippen molar-refractivity contribution in [1.29, 1.82) is 0 Å². The number of hydrogen-bond acceptors (Lipinski definition) is 2. The smallest absolute Gasteiger partial charge is 0.382 e. The average molecular weight is 378 g/mol. The van der Waals surface area contributed by atoms with E-state index in [1.54, 1.807) is 0 Å². The molecule has 2 aliphatic rings. The Hall–Kier alpha value is -1.91. The number of aliphatic hydroxyl groups excluding tert-OH is 1. The molecule has 0 saturated heterocycles. The number of rotatable bonds is 0. The van der Waals surface area contributed by atoms with Crippen molar-refractivity contribution in [3.63, 3.8) is 0 Å². The summed E-state index contributed by atoms with van der Waals surface area (Å²) in [4.78, 5) is 0. The molecular weight excluding hydrogens is 371 g/mol. The van der Waals surface area contributed by atoms with E-state index < -0.39 is 57.9 Å². The Labute approximate surface area is 133 Å². The minimum Gasteiger partial charge on any atom is -0.507 e. The highest BCUT2D eigenvalue weighted by Gasteiger charge is 2.94. The molecule has 0 aromatic heterocycles. The second-order valence-electron chi connectivity index (χ2n) is 5.73. The van der Waals surface area contributed by atoms with Gasteiger partial charge in [-0.3, -0.25) is 0 Å². The lowest BCUT2D eigenvalue weighted by atomic mass is 9.64. The second kappa shape index (κ2) is 4.43. The summed E-state index contributed by atoms with van der Waals surface area (Å²) in [5.41, 5.74) is -10.3. The van der Waals surface area contributed by atoms with Crippen molar-refractivity contribution in [2.24, 2.45) is 0 Å². The molecule has 3 atom stereocenters. The SMILES string of the molecule is OC1=C2C(O)(F)C(F)(F)C(F)(F)C(F)(F)C2(F)C(F)c2ccccc21. The zero-order chi connectivity index (χ0) is 19.2. The molecule has 138 valence electrons. The van der Waals surface area contributed by atoms with Crippen molar-refractivity contribution in [2.45, 2.75) is 35.5 Å². The summed E-state index contributed by atoms with van der Waals surface area (Å²) >= 11 is 0. The first kappa shape index (κ1) is 17.9. The quantitative estimate of drug-likeness (QED) is 0.663. The standard InChI is InChI=1S/C14H7F9O2/c15-9-6-4-2-1-3-5(6)7(24)8-10(9,16)12(18,19)14(22,23)13(20,21)11(8,17)25/h1-4,9,24-25H. The Morgan fingerprint density at radius 3 is 1.88 bits per heavy atom. The molecular formula is C14H7F9O2. The highest BCUT2D eigenvalue weighted by molar-refractivity contribution is 5.74. The van der Waals surface area contributed by atoms with Crippen LogP contribution in [0.5, 0.6) is 0 Å². The van der Waals surface area contributed by atoms with Gasteiger partial charge in [0.15, 0.2) is 6.17 Å². The van der Waals surface area contributed by atoms with E-state index in [1.165, 1.54) is 0 Å². The fourth-order valence-electron chi connectivity index (χ4n) is 3.09. The lowest BCUT2D eigenvalue weighted by molar-refractivity contribution is -0.421. The van der Waals surface area contributed by atoms with Crippen molar-refractivity contribution in [1.82, 2.24) is 0 Å². The molecule has 1 fully saturated rings. The van der Waals surface area contributed by atoms with Gasteiger partial charge in [-0.25, -0.2) is 8.78 Å². The molecule has 0 bridgehead atoms. The predicted octanol–water partition coefficient (Wildman–Crippen LogP) is 4.27. The van der Waals surface area contributed by atoms with E-state index in [1.807, 2.05) is 0 Å². The van der Waals surface area contributed by atoms with E-state index in [2.05, 4.69) is 0 Å². The van der Waals surface area contributed by atoms with Gasteiger partial charge in [-0.05, 0) is 0 Å². The summed E-state index contributed by atoms with van der Waals surface area (Å²) in [6.07, 6.45) is -3.77. The third-order valence-corrected chi connectivity index (χ3v) is 4.43. The van der Waals surface area contributed by atoms with Crippen molar-refractivity contribution >= 4 is 5.76 Å². The Morgan fingerprint density at radius 2 is 1.32 bits per heavy atom. The third-order valence-electron chi connectivity index (χ3n) is 4.43. The normalized spacial score (nSPS) is 38.1. The monoisotopic (exact) mass is 378 g/mol. The van der Waals surface area contributed by atoms with Crippen LogP contribution in [-0.4, -0.2) is 39.5 Å². The number of alkyl halides is 9. The number of halogens is 9. The zero-order valence-electron chi connectivity index (χ0n) is 11.7. The minimum absolute atomic E-state index is 0.618. The fourth-order valence-corrected chi connectivity index (χ4v) is 3.09. The molecule has 11 heteroatoms. The summed E-state index contributed by atoms with van der Waals surface area (Å²) in [6.45, 7) is 0. The van der Waals surface area contributed by atoms with Crippen molar-refractivity contribution in [2.75, 3.05) is 0 Å². The van der Waals surface area contributed by atoms with Gasteiger partial charge < -0.3 is 10.2 Å². The number of aliphatic hydroxyl groups is 2. The number of benzene rings is 1. The van der Waals surface area contributed by atoms with Gasteiger partial charge in [0.2, 0.25) is 5.67 Å². The van der Waals surface area contributed by atoms with Crippen LogP contribution in [0.4, 0.5) is 39.5 Å². The molecule has 1 aromatic carbocycles. The van der Waals surface area contributed by atoms with E-state index in [-0.39, 0.29) is 0 Å². The maximum absolute atomic E-state index is 14.9. The lowest BCUT2D eigenvalue weighted by Gasteiger charge is -2.53. The summed E-state index contributed by atoms with van der Waals surface area (Å²) in [5.74, 6) is -27.7. The fraction of sp³-hybridized carbons (Fsp3) is 0.429. The van der Waals surface area contributed by atoms with Gasteiger partial charge in [0, 0.05) is 11.1 Å². The second-order valence-corrected chi connectivity index (χ2v) is 5.73. The Bertz CT molecular complexity index is 786. The van der Waals surface area contributed by atoms with E-state index in [9.17, 15) is 49.7 Å². The maximum atomic E-state index is 14.9. The highest BCUT2D eigenvalue weighted by atomic mass is 19.4. The highest BCUT2D eigenvalue weighted by Crippen LogP contribution is 2.70. The number of fused-ring (bicyclic) bond motifs is 2. The summed E-state index contributed by atoms with van der Waals surface area (Å²) < 4.78 is 126. The van der Waals surface area contributed by atoms with E-state index in [0.717, 1.165) is 18.2 Å². The van der Waals surface area contributed by atoms with E-state index in [0.29, 0.717) is 6.07 Å². The molecule has 2 aliphatic carbocycles. The molecule has 2 nitrogen and oxygen atoms in total. The zero-order valence-corrected chi connectivity index (χ0v) is 11.7. The van der Waals surface area contributed by atoms with Crippen molar-refractivity contribution in [3.8, 4) is 0 Å². The predicted molar refractivity (Wildman–Crippen MR) is 64.6 cm³/mol. The van der Waals surface area contributed by atoms with Gasteiger partial charge in [0.05, 0.1) is 5.57 Å². The van der Waals surface area contributed by atoms with Crippen LogP contribution in [0, 0.1) is 0 Å². The lowest BCUT2D eigenvalue weighted by Crippen LogP contribution is -2.78. The minimum atomic E-state index is -6.81. The summed E-state index contributed by atoms with van der Waals surface area (Å²) in [7, 11) is 0. The molecule has 1 saturated carbocycles. The van der Waals surface area contributed by atoms with Crippen LogP contribution >= 0.6 is 0 Å². The van der Waals surface area contributed by atoms with Crippen LogP contribution in [0.1, 0.15) is 17.3 Å². The first-order chi connectivity index (χ1) is 11.2. The van der Waals surface area contributed by atoms with E-state index in [4.69, 9.17) is 0 Å². The van der Waals surface area contributed by atoms with Gasteiger partial charge in [-0.15, -0.1) is 0 Å². The average Bonchev–Trinajstić information content (AvgIpc) is 2.51. The van der Waals surface area contributed by atoms with Gasteiger partial charge in [-0.1, -0.05) is 24.3 Å². The van der Waals surface area contributed by atoms with Gasteiger partial charge in [0.25, 0.3) is 0 Å². The molecule has 0 heterocycles. The number of hydrogen-bond donors (Lipinski definition) is 2. The molecule has 3 rings (SSSR count). The van der Waals surface area contributed by atoms with Crippen LogP contribution in [0.25, 0.3) is 5.76 Å². The van der Waals surface area contributed by atoms with E-state index >= 15 is 0 Å². The van der Waals surface area contributed by atoms with Gasteiger partial charge in [0.1, 0.15) is 5.76 Å². The Kier molecular flexibility index (Phi) is 3.17. The van der Waals surface area contributed by atoms with Crippen LogP contribution in [-0.2, 0) is 0 Å². The van der Waals surface area contributed by atoms with Crippen molar-refractivity contribution in [3.05, 3.63) is 41.0 Å². The summed E-state index contributed by atoms with van der Waals surface area (Å²) in [5, 5.41) is 19.0. The largest absolute Gasteiger partial charge is 0.507 e. The molecule has 0 radical (unpaired) electrons. The molecule has 0 spiro atoms. The van der Waals surface area contributed by atoms with Gasteiger partial charge >= 0.3 is 23.6 Å². The van der Waals surface area contributed by atoms with Crippen LogP contribution in [0.3, 0.4) is 0 Å². The first-order valence-electron chi connectivity index (χ1n) is 6.58. The van der Waals surface area contributed by atoms with Crippen LogP contribution in [0.2, 0.25) is 0 Å². The van der Waals surface area contributed by atoms with Crippen molar-refractivity contribution < 1.29 is 49.7 Å². The molecule has 1 aromatic rings. The third kappa shape index (κ3) is 1.58. The summed E-state index contributed by atoms with van der Waals surface area (Å²) in [6, 6.07) is 3.33. The van der Waals surface area contributed by atoms with Crippen LogP contribution in [0.15, 0.2) is 29.8 Å². The molecule has 3 unspecified atom stereocenters. The molecule has 0 amide bonds. The molecule has 0 aliphatic heterocycles. The van der Waals surface area contributed by atoms with Crippen LogP contribution < -0.4 is 0 Å². The Morgan fingerprint density at radius 1 is 0.800 bits per heavy atom. The topological polar surface area (TPSA) is 40.5 Å².